The molecule has 1 heterocycles. The molecule has 88 valence electrons. The third-order valence-electron chi connectivity index (χ3n) is 2.94. The highest BCUT2D eigenvalue weighted by Gasteiger charge is 2.18. The van der Waals surface area contributed by atoms with Crippen molar-refractivity contribution in [1.29, 1.82) is 0 Å². The SMILES string of the molecule is Cc1ccc(-c2ccccc2)n1C(C)C(=O)O. The van der Waals surface area contributed by atoms with Crippen molar-refractivity contribution in [3.8, 4) is 11.3 Å². The summed E-state index contributed by atoms with van der Waals surface area (Å²) in [4.78, 5) is 11.1. The summed E-state index contributed by atoms with van der Waals surface area (Å²) in [5, 5.41) is 9.13. The van der Waals surface area contributed by atoms with Crippen LogP contribution in [0, 0.1) is 6.92 Å². The van der Waals surface area contributed by atoms with E-state index in [9.17, 15) is 4.79 Å². The number of benzene rings is 1. The number of aliphatic carboxylic acids is 1. The molecule has 1 aromatic heterocycles. The van der Waals surface area contributed by atoms with Crippen LogP contribution in [0.3, 0.4) is 0 Å². The van der Waals surface area contributed by atoms with Gasteiger partial charge in [-0.25, -0.2) is 4.79 Å². The van der Waals surface area contributed by atoms with E-state index < -0.39 is 12.0 Å². The van der Waals surface area contributed by atoms with Crippen LogP contribution in [-0.2, 0) is 4.79 Å². The minimum Gasteiger partial charge on any atom is -0.480 e. The summed E-state index contributed by atoms with van der Waals surface area (Å²) in [6, 6.07) is 13.2. The summed E-state index contributed by atoms with van der Waals surface area (Å²) in [6.45, 7) is 3.62. The third-order valence-corrected chi connectivity index (χ3v) is 2.94. The zero-order valence-corrected chi connectivity index (χ0v) is 9.92. The first-order valence-electron chi connectivity index (χ1n) is 5.57. The van der Waals surface area contributed by atoms with Crippen molar-refractivity contribution in [3.63, 3.8) is 0 Å². The normalized spacial score (nSPS) is 12.4. The second-order valence-corrected chi connectivity index (χ2v) is 4.11. The van der Waals surface area contributed by atoms with E-state index in [1.54, 1.807) is 6.92 Å². The molecule has 0 saturated carbocycles. The first-order chi connectivity index (χ1) is 8.11. The van der Waals surface area contributed by atoms with Crippen LogP contribution in [0.25, 0.3) is 11.3 Å². The molecular weight excluding hydrogens is 214 g/mol. The Morgan fingerprint density at radius 1 is 1.18 bits per heavy atom. The summed E-state index contributed by atoms with van der Waals surface area (Å²) in [5.41, 5.74) is 2.94. The predicted molar refractivity (Wildman–Crippen MR) is 67.0 cm³/mol. The fraction of sp³-hybridized carbons (Fsp3) is 0.214. The lowest BCUT2D eigenvalue weighted by Crippen LogP contribution is -2.17. The van der Waals surface area contributed by atoms with Crippen molar-refractivity contribution >= 4 is 5.97 Å². The lowest BCUT2D eigenvalue weighted by molar-refractivity contribution is -0.140. The molecule has 0 bridgehead atoms. The number of hydrogen-bond acceptors (Lipinski definition) is 1. The molecule has 3 heteroatoms. The molecule has 3 nitrogen and oxygen atoms in total. The Labute approximate surface area is 100 Å². The van der Waals surface area contributed by atoms with Crippen molar-refractivity contribution < 1.29 is 9.90 Å². The summed E-state index contributed by atoms with van der Waals surface area (Å²) in [5.74, 6) is -0.818. The Kier molecular flexibility index (Phi) is 3.00. The number of carbonyl (C=O) groups is 1. The number of rotatable bonds is 3. The van der Waals surface area contributed by atoms with Crippen LogP contribution >= 0.6 is 0 Å². The van der Waals surface area contributed by atoms with Gasteiger partial charge in [0.05, 0.1) is 0 Å². The minimum absolute atomic E-state index is 0.555. The number of carboxylic acid groups (broad SMARTS) is 1. The van der Waals surface area contributed by atoms with Gasteiger partial charge < -0.3 is 9.67 Å². The van der Waals surface area contributed by atoms with E-state index in [0.29, 0.717) is 0 Å². The molecule has 0 saturated heterocycles. The van der Waals surface area contributed by atoms with Crippen LogP contribution in [-0.4, -0.2) is 15.6 Å². The molecule has 1 aromatic carbocycles. The Bertz CT molecular complexity index is 528. The summed E-state index contributed by atoms with van der Waals surface area (Å²) in [7, 11) is 0. The van der Waals surface area contributed by atoms with Crippen molar-refractivity contribution in [2.24, 2.45) is 0 Å². The number of hydrogen-bond donors (Lipinski definition) is 1. The summed E-state index contributed by atoms with van der Waals surface area (Å²) < 4.78 is 1.84. The van der Waals surface area contributed by atoms with Crippen LogP contribution in [0.1, 0.15) is 18.7 Å². The maximum atomic E-state index is 11.1. The molecule has 17 heavy (non-hydrogen) atoms. The van der Waals surface area contributed by atoms with Crippen molar-refractivity contribution in [2.75, 3.05) is 0 Å². The number of aromatic nitrogens is 1. The van der Waals surface area contributed by atoms with E-state index in [0.717, 1.165) is 17.0 Å². The maximum Gasteiger partial charge on any atom is 0.326 e. The smallest absolute Gasteiger partial charge is 0.326 e. The van der Waals surface area contributed by atoms with E-state index in [1.165, 1.54) is 0 Å². The third kappa shape index (κ3) is 2.09. The van der Waals surface area contributed by atoms with E-state index in [1.807, 2.05) is 54.0 Å². The van der Waals surface area contributed by atoms with Gasteiger partial charge in [0.15, 0.2) is 0 Å². The first kappa shape index (κ1) is 11.5. The number of aryl methyl sites for hydroxylation is 1. The second-order valence-electron chi connectivity index (χ2n) is 4.11. The van der Waals surface area contributed by atoms with Gasteiger partial charge in [-0.05, 0) is 31.5 Å². The molecule has 0 radical (unpaired) electrons. The summed E-state index contributed by atoms with van der Waals surface area (Å²) in [6.07, 6.45) is 0. The van der Waals surface area contributed by atoms with Gasteiger partial charge in [-0.3, -0.25) is 0 Å². The highest BCUT2D eigenvalue weighted by atomic mass is 16.4. The Morgan fingerprint density at radius 3 is 2.41 bits per heavy atom. The topological polar surface area (TPSA) is 42.2 Å². The van der Waals surface area contributed by atoms with Gasteiger partial charge in [0, 0.05) is 11.4 Å². The zero-order chi connectivity index (χ0) is 12.4. The molecule has 0 aliphatic rings. The molecule has 0 fully saturated rings. The van der Waals surface area contributed by atoms with Gasteiger partial charge in [-0.1, -0.05) is 30.3 Å². The molecule has 1 unspecified atom stereocenters. The van der Waals surface area contributed by atoms with E-state index >= 15 is 0 Å². The predicted octanol–water partition coefficient (Wildman–Crippen LogP) is 3.11. The highest BCUT2D eigenvalue weighted by Crippen LogP contribution is 2.26. The van der Waals surface area contributed by atoms with Crippen molar-refractivity contribution in [3.05, 3.63) is 48.2 Å². The highest BCUT2D eigenvalue weighted by molar-refractivity contribution is 5.73. The van der Waals surface area contributed by atoms with E-state index in [-0.39, 0.29) is 0 Å². The summed E-state index contributed by atoms with van der Waals surface area (Å²) >= 11 is 0. The van der Waals surface area contributed by atoms with Gasteiger partial charge >= 0.3 is 5.97 Å². The molecule has 0 amide bonds. The average molecular weight is 229 g/mol. The molecule has 0 aliphatic carbocycles. The van der Waals surface area contributed by atoms with Gasteiger partial charge in [-0.15, -0.1) is 0 Å². The standard InChI is InChI=1S/C14H15NO2/c1-10-8-9-13(12-6-4-3-5-7-12)15(10)11(2)14(16)17/h3-9,11H,1-2H3,(H,16,17). The van der Waals surface area contributed by atoms with Crippen molar-refractivity contribution in [2.45, 2.75) is 19.9 Å². The van der Waals surface area contributed by atoms with Gasteiger partial charge in [0.25, 0.3) is 0 Å². The fourth-order valence-corrected chi connectivity index (χ4v) is 2.02. The van der Waals surface area contributed by atoms with Gasteiger partial charge in [0.1, 0.15) is 6.04 Å². The maximum absolute atomic E-state index is 11.1. The lowest BCUT2D eigenvalue weighted by atomic mass is 10.1. The molecule has 1 atom stereocenters. The van der Waals surface area contributed by atoms with E-state index in [4.69, 9.17) is 5.11 Å². The van der Waals surface area contributed by atoms with Crippen LogP contribution in [0.15, 0.2) is 42.5 Å². The fourth-order valence-electron chi connectivity index (χ4n) is 2.02. The molecule has 1 N–H and O–H groups in total. The first-order valence-corrected chi connectivity index (χ1v) is 5.57. The van der Waals surface area contributed by atoms with E-state index in [2.05, 4.69) is 0 Å². The average Bonchev–Trinajstić information content (AvgIpc) is 2.71. The largest absolute Gasteiger partial charge is 0.480 e. The number of nitrogens with zero attached hydrogens (tertiary/aromatic N) is 1. The minimum atomic E-state index is -0.818. The molecule has 2 aromatic rings. The van der Waals surface area contributed by atoms with Crippen molar-refractivity contribution in [1.82, 2.24) is 4.57 Å². The molecule has 2 rings (SSSR count). The Hall–Kier alpha value is -2.03. The monoisotopic (exact) mass is 229 g/mol. The Morgan fingerprint density at radius 2 is 1.82 bits per heavy atom. The van der Waals surface area contributed by atoms with Gasteiger partial charge in [-0.2, -0.15) is 0 Å². The van der Waals surface area contributed by atoms with Crippen LogP contribution in [0.4, 0.5) is 0 Å². The lowest BCUT2D eigenvalue weighted by Gasteiger charge is -2.16. The second kappa shape index (κ2) is 4.45. The number of carboxylic acids is 1. The molecular formula is C14H15NO2. The van der Waals surface area contributed by atoms with Gasteiger partial charge in [0.2, 0.25) is 0 Å². The Balaban J connectivity index is 2.54. The molecule has 0 spiro atoms. The molecule has 0 aliphatic heterocycles. The van der Waals surface area contributed by atoms with Crippen LogP contribution in [0.2, 0.25) is 0 Å². The zero-order valence-electron chi connectivity index (χ0n) is 9.92. The van der Waals surface area contributed by atoms with Crippen LogP contribution in [0.5, 0.6) is 0 Å². The quantitative estimate of drug-likeness (QED) is 0.878. The van der Waals surface area contributed by atoms with Crippen LogP contribution < -0.4 is 0 Å².